The standard InChI is InChI=1S/C25H24ClN5O/c26-20-10-6-17(7-11-20)14-29-21-12-8-19(9-13-21)23-22(30-25(28)31-24(23)27)16-32-15-18-4-2-1-3-5-18/h1-7,10-11,29H,8,12,14-16H2,(H4,27,28,30,31). The van der Waals surface area contributed by atoms with Crippen LogP contribution in [0.2, 0.25) is 5.02 Å². The van der Waals surface area contributed by atoms with Gasteiger partial charge in [-0.2, -0.15) is 4.98 Å². The maximum absolute atomic E-state index is 6.21. The smallest absolute Gasteiger partial charge is 0.222 e. The number of ether oxygens (including phenoxy) is 1. The van der Waals surface area contributed by atoms with Crippen molar-refractivity contribution in [3.8, 4) is 0 Å². The van der Waals surface area contributed by atoms with Crippen molar-refractivity contribution in [2.24, 2.45) is 0 Å². The molecule has 32 heavy (non-hydrogen) atoms. The number of aromatic nitrogens is 2. The molecule has 2 aromatic carbocycles. The quantitative estimate of drug-likeness (QED) is 0.437. The zero-order valence-corrected chi connectivity index (χ0v) is 18.3. The second-order valence-electron chi connectivity index (χ2n) is 7.45. The van der Waals surface area contributed by atoms with Gasteiger partial charge in [-0.05, 0) is 35.4 Å². The first-order chi connectivity index (χ1) is 15.6. The Hall–Kier alpha value is -3.53. The Balaban J connectivity index is 1.51. The van der Waals surface area contributed by atoms with E-state index in [-0.39, 0.29) is 12.6 Å². The number of hydrogen-bond donors (Lipinski definition) is 3. The van der Waals surface area contributed by atoms with Crippen molar-refractivity contribution in [2.45, 2.75) is 32.6 Å². The average Bonchev–Trinajstić information content (AvgIpc) is 2.80. The first-order valence-electron chi connectivity index (χ1n) is 10.3. The number of hydrogen-bond acceptors (Lipinski definition) is 6. The lowest BCUT2D eigenvalue weighted by Crippen LogP contribution is -2.14. The molecule has 0 bridgehead atoms. The molecule has 0 saturated carbocycles. The van der Waals surface area contributed by atoms with Gasteiger partial charge in [0.1, 0.15) is 5.82 Å². The molecule has 0 fully saturated rings. The first kappa shape index (κ1) is 21.7. The minimum absolute atomic E-state index is 0.130. The number of nitrogens with one attached hydrogen (secondary N) is 1. The highest BCUT2D eigenvalue weighted by Gasteiger charge is 2.18. The van der Waals surface area contributed by atoms with Crippen LogP contribution in [-0.4, -0.2) is 9.97 Å². The van der Waals surface area contributed by atoms with E-state index in [1.54, 1.807) is 0 Å². The van der Waals surface area contributed by atoms with E-state index in [0.29, 0.717) is 24.7 Å². The fourth-order valence-corrected chi connectivity index (χ4v) is 3.60. The second-order valence-corrected chi connectivity index (χ2v) is 7.89. The van der Waals surface area contributed by atoms with Gasteiger partial charge in [0.15, 0.2) is 0 Å². The van der Waals surface area contributed by atoms with Crippen molar-refractivity contribution in [1.82, 2.24) is 15.3 Å². The van der Waals surface area contributed by atoms with E-state index >= 15 is 0 Å². The molecular weight excluding hydrogens is 422 g/mol. The van der Waals surface area contributed by atoms with Gasteiger partial charge in [0.25, 0.3) is 0 Å². The van der Waals surface area contributed by atoms with Crippen LogP contribution in [0.1, 0.15) is 35.2 Å². The molecular formula is C25H24ClN5O. The van der Waals surface area contributed by atoms with Crippen molar-refractivity contribution in [2.75, 3.05) is 11.5 Å². The van der Waals surface area contributed by atoms with Gasteiger partial charge in [-0.25, -0.2) is 4.98 Å². The van der Waals surface area contributed by atoms with E-state index in [4.69, 9.17) is 27.8 Å². The van der Waals surface area contributed by atoms with Gasteiger partial charge >= 0.3 is 0 Å². The number of allylic oxidation sites excluding steroid dienone is 2. The van der Waals surface area contributed by atoms with Crippen LogP contribution in [0, 0.1) is 0 Å². The molecule has 3 aromatic rings. The molecule has 7 heteroatoms. The summed E-state index contributed by atoms with van der Waals surface area (Å²) in [6.07, 6.45) is 1.52. The van der Waals surface area contributed by atoms with Crippen molar-refractivity contribution < 1.29 is 4.74 Å². The Morgan fingerprint density at radius 2 is 1.69 bits per heavy atom. The van der Waals surface area contributed by atoms with E-state index in [0.717, 1.165) is 45.8 Å². The number of anilines is 2. The number of nitrogen functional groups attached to an aromatic ring is 2. The highest BCUT2D eigenvalue weighted by Crippen LogP contribution is 2.30. The van der Waals surface area contributed by atoms with Crippen molar-refractivity contribution in [3.63, 3.8) is 0 Å². The van der Waals surface area contributed by atoms with E-state index in [9.17, 15) is 0 Å². The maximum Gasteiger partial charge on any atom is 0.222 e. The number of nitrogens with zero attached hydrogens (tertiary/aromatic N) is 2. The molecule has 1 heterocycles. The molecule has 0 saturated heterocycles. The Kier molecular flexibility index (Phi) is 6.90. The summed E-state index contributed by atoms with van der Waals surface area (Å²) in [5.74, 6) is 0.462. The molecule has 162 valence electrons. The zero-order chi connectivity index (χ0) is 22.3. The van der Waals surface area contributed by atoms with Crippen LogP contribution >= 0.6 is 11.6 Å². The van der Waals surface area contributed by atoms with Crippen molar-refractivity contribution in [1.29, 1.82) is 0 Å². The van der Waals surface area contributed by atoms with Crippen LogP contribution in [0.15, 0.2) is 71.8 Å². The predicted octanol–water partition coefficient (Wildman–Crippen LogP) is 4.62. The molecule has 5 N–H and O–H groups in total. The van der Waals surface area contributed by atoms with Gasteiger partial charge < -0.3 is 21.5 Å². The maximum atomic E-state index is 6.21. The summed E-state index contributed by atoms with van der Waals surface area (Å²) in [4.78, 5) is 8.53. The van der Waals surface area contributed by atoms with E-state index in [2.05, 4.69) is 26.7 Å². The van der Waals surface area contributed by atoms with Crippen LogP contribution in [0.5, 0.6) is 0 Å². The van der Waals surface area contributed by atoms with Crippen LogP contribution in [0.3, 0.4) is 0 Å². The monoisotopic (exact) mass is 445 g/mol. The lowest BCUT2D eigenvalue weighted by molar-refractivity contribution is 0.104. The molecule has 0 aliphatic heterocycles. The summed E-state index contributed by atoms with van der Waals surface area (Å²) in [6, 6.07) is 17.7. The molecule has 4 rings (SSSR count). The zero-order valence-electron chi connectivity index (χ0n) is 17.6. The topological polar surface area (TPSA) is 99.1 Å². The lowest BCUT2D eigenvalue weighted by atomic mass is 9.97. The Morgan fingerprint density at radius 1 is 0.906 bits per heavy atom. The molecule has 0 spiro atoms. The minimum Gasteiger partial charge on any atom is -0.383 e. The van der Waals surface area contributed by atoms with E-state index in [1.807, 2.05) is 54.6 Å². The predicted molar refractivity (Wildman–Crippen MR) is 127 cm³/mol. The van der Waals surface area contributed by atoms with Gasteiger partial charge in [-0.3, -0.25) is 0 Å². The fourth-order valence-electron chi connectivity index (χ4n) is 3.48. The summed E-state index contributed by atoms with van der Waals surface area (Å²) >= 11 is 5.94. The van der Waals surface area contributed by atoms with Crippen molar-refractivity contribution in [3.05, 3.63) is 99.2 Å². The average molecular weight is 446 g/mol. The normalized spacial score (nSPS) is 12.9. The SMILES string of the molecule is Nc1nc(N)c(C2=C=C=C(NCc3ccc(Cl)cc3)CC2)c(COCc2ccccc2)n1. The molecule has 0 atom stereocenters. The third-order valence-corrected chi connectivity index (χ3v) is 5.34. The van der Waals surface area contributed by atoms with Gasteiger partial charge in [-0.1, -0.05) is 59.8 Å². The van der Waals surface area contributed by atoms with Gasteiger partial charge in [-0.15, -0.1) is 0 Å². The number of halogens is 1. The van der Waals surface area contributed by atoms with Crippen LogP contribution in [-0.2, 0) is 24.5 Å². The Morgan fingerprint density at radius 3 is 2.41 bits per heavy atom. The Labute approximate surface area is 192 Å². The van der Waals surface area contributed by atoms with Crippen molar-refractivity contribution >= 4 is 28.9 Å². The summed E-state index contributed by atoms with van der Waals surface area (Å²) in [5.41, 5.74) is 24.0. The molecule has 6 nitrogen and oxygen atoms in total. The lowest BCUT2D eigenvalue weighted by Gasteiger charge is -2.16. The van der Waals surface area contributed by atoms with E-state index in [1.165, 1.54) is 0 Å². The number of nitrogens with two attached hydrogens (primary N) is 2. The summed E-state index contributed by atoms with van der Waals surface area (Å²) in [5, 5.41) is 4.13. The molecule has 0 unspecified atom stereocenters. The molecule has 1 aliphatic rings. The van der Waals surface area contributed by atoms with E-state index < -0.39 is 0 Å². The number of rotatable bonds is 8. The first-order valence-corrected chi connectivity index (χ1v) is 10.7. The summed E-state index contributed by atoms with van der Waals surface area (Å²) in [6.45, 7) is 1.44. The van der Waals surface area contributed by atoms with Crippen LogP contribution in [0.4, 0.5) is 11.8 Å². The van der Waals surface area contributed by atoms with Gasteiger partial charge in [0, 0.05) is 23.6 Å². The minimum atomic E-state index is 0.130. The molecule has 0 radical (unpaired) electrons. The summed E-state index contributed by atoms with van der Waals surface area (Å²) < 4.78 is 5.87. The molecule has 1 aromatic heterocycles. The summed E-state index contributed by atoms with van der Waals surface area (Å²) in [7, 11) is 0. The highest BCUT2D eigenvalue weighted by molar-refractivity contribution is 6.30. The molecule has 0 amide bonds. The van der Waals surface area contributed by atoms with Crippen LogP contribution < -0.4 is 16.8 Å². The third-order valence-electron chi connectivity index (χ3n) is 5.09. The van der Waals surface area contributed by atoms with Crippen LogP contribution in [0.25, 0.3) is 5.57 Å². The largest absolute Gasteiger partial charge is 0.383 e. The third kappa shape index (κ3) is 5.58. The highest BCUT2D eigenvalue weighted by atomic mass is 35.5. The van der Waals surface area contributed by atoms with Gasteiger partial charge in [0.05, 0.1) is 30.2 Å². The Bertz CT molecular complexity index is 1200. The van der Waals surface area contributed by atoms with Gasteiger partial charge in [0.2, 0.25) is 5.95 Å². The second kappa shape index (κ2) is 10.2. The molecule has 1 aliphatic carbocycles. The fraction of sp³-hybridized carbons (Fsp3) is 0.200. The number of benzene rings is 2.